The van der Waals surface area contributed by atoms with Gasteiger partial charge in [0.1, 0.15) is 5.82 Å². The lowest BCUT2D eigenvalue weighted by atomic mass is 9.75. The van der Waals surface area contributed by atoms with E-state index in [4.69, 9.17) is 9.31 Å². The number of nitrogens with one attached hydrogen (secondary N) is 1. The minimum absolute atomic E-state index is 0.217. The summed E-state index contributed by atoms with van der Waals surface area (Å²) < 4.78 is 26.2. The van der Waals surface area contributed by atoms with Crippen LogP contribution in [0.15, 0.2) is 18.2 Å². The van der Waals surface area contributed by atoms with Crippen LogP contribution in [0.1, 0.15) is 46.6 Å². The fraction of sp³-hybridized carbons (Fsp3) is 0.625. The van der Waals surface area contributed by atoms with E-state index in [1.165, 1.54) is 6.07 Å². The minimum atomic E-state index is -0.524. The molecule has 1 N–H and O–H groups in total. The summed E-state index contributed by atoms with van der Waals surface area (Å²) >= 11 is 0. The van der Waals surface area contributed by atoms with Crippen LogP contribution >= 0.6 is 0 Å². The van der Waals surface area contributed by atoms with Crippen LogP contribution in [0, 0.1) is 5.82 Å². The number of halogens is 1. The van der Waals surface area contributed by atoms with Crippen LogP contribution in [-0.4, -0.2) is 24.9 Å². The van der Waals surface area contributed by atoms with E-state index in [1.807, 2.05) is 33.8 Å². The Morgan fingerprint density at radius 2 is 1.76 bits per heavy atom. The molecule has 1 saturated heterocycles. The summed E-state index contributed by atoms with van der Waals surface area (Å²) in [5.41, 5.74) is 0.567. The van der Waals surface area contributed by atoms with Gasteiger partial charge in [-0.3, -0.25) is 0 Å². The number of rotatable bonds is 5. The molecule has 0 spiro atoms. The lowest BCUT2D eigenvalue weighted by Gasteiger charge is -2.32. The minimum Gasteiger partial charge on any atom is -0.399 e. The second kappa shape index (κ2) is 6.07. The molecular formula is C16H25BFNO2. The first-order chi connectivity index (χ1) is 9.78. The first-order valence-corrected chi connectivity index (χ1v) is 7.62. The lowest BCUT2D eigenvalue weighted by Crippen LogP contribution is -2.41. The Balaban J connectivity index is 2.26. The Bertz CT molecular complexity index is 489. The molecule has 1 fully saturated rings. The van der Waals surface area contributed by atoms with Gasteiger partial charge in [-0.25, -0.2) is 4.39 Å². The zero-order chi connectivity index (χ0) is 15.7. The molecule has 1 aliphatic heterocycles. The molecule has 3 nitrogen and oxygen atoms in total. The molecular weight excluding hydrogens is 268 g/mol. The Kier molecular flexibility index (Phi) is 4.76. The van der Waals surface area contributed by atoms with Gasteiger partial charge < -0.3 is 14.6 Å². The average Bonchev–Trinajstić information content (AvgIpc) is 2.60. The zero-order valence-electron chi connectivity index (χ0n) is 13.6. The number of hydrogen-bond donors (Lipinski definition) is 1. The van der Waals surface area contributed by atoms with Gasteiger partial charge in [0.05, 0.1) is 11.2 Å². The van der Waals surface area contributed by atoms with E-state index in [-0.39, 0.29) is 5.82 Å². The maximum atomic E-state index is 14.2. The van der Waals surface area contributed by atoms with E-state index in [2.05, 4.69) is 12.2 Å². The predicted octanol–water partition coefficient (Wildman–Crippen LogP) is 2.62. The molecule has 0 saturated carbocycles. The van der Waals surface area contributed by atoms with Crippen molar-refractivity contribution in [3.8, 4) is 0 Å². The highest BCUT2D eigenvalue weighted by atomic mass is 19.1. The predicted molar refractivity (Wildman–Crippen MR) is 84.1 cm³/mol. The Morgan fingerprint density at radius 3 is 2.33 bits per heavy atom. The van der Waals surface area contributed by atoms with Crippen molar-refractivity contribution < 1.29 is 13.7 Å². The van der Waals surface area contributed by atoms with Crippen molar-refractivity contribution in [3.05, 3.63) is 29.6 Å². The van der Waals surface area contributed by atoms with Gasteiger partial charge in [0, 0.05) is 12.1 Å². The summed E-state index contributed by atoms with van der Waals surface area (Å²) in [7, 11) is -0.524. The number of hydrogen-bond acceptors (Lipinski definition) is 3. The highest BCUT2D eigenvalue weighted by Gasteiger charge is 2.52. The van der Waals surface area contributed by atoms with Crippen molar-refractivity contribution in [2.45, 2.75) is 58.8 Å². The summed E-state index contributed by atoms with van der Waals surface area (Å²) in [5, 5.41) is 3.25. The van der Waals surface area contributed by atoms with Gasteiger partial charge in [-0.1, -0.05) is 19.1 Å². The molecule has 1 aromatic carbocycles. The monoisotopic (exact) mass is 293 g/mol. The van der Waals surface area contributed by atoms with Crippen LogP contribution < -0.4 is 10.8 Å². The van der Waals surface area contributed by atoms with Crippen molar-refractivity contribution in [2.75, 3.05) is 6.54 Å². The van der Waals surface area contributed by atoms with Crippen molar-refractivity contribution in [3.63, 3.8) is 0 Å². The highest BCUT2D eigenvalue weighted by molar-refractivity contribution is 6.62. The molecule has 1 aromatic rings. The van der Waals surface area contributed by atoms with Gasteiger partial charge in [0.15, 0.2) is 0 Å². The molecule has 1 heterocycles. The molecule has 2 rings (SSSR count). The first-order valence-electron chi connectivity index (χ1n) is 7.62. The Hall–Kier alpha value is -0.905. The van der Waals surface area contributed by atoms with Crippen molar-refractivity contribution in [1.29, 1.82) is 0 Å². The van der Waals surface area contributed by atoms with Crippen LogP contribution in [0.25, 0.3) is 0 Å². The molecule has 0 aromatic heterocycles. The molecule has 116 valence electrons. The standard InChI is InChI=1S/C16H25BFNO2/c1-6-10-19-11-12-13(8-7-9-14(12)18)17-20-15(2,3)16(4,5)21-17/h7-9,19H,6,10-11H2,1-5H3. The maximum Gasteiger partial charge on any atom is 0.495 e. The molecule has 0 unspecified atom stereocenters. The molecule has 0 amide bonds. The van der Waals surface area contributed by atoms with Crippen LogP contribution in [0.2, 0.25) is 0 Å². The summed E-state index contributed by atoms with van der Waals surface area (Å²) in [6.07, 6.45) is 1.01. The van der Waals surface area contributed by atoms with Gasteiger partial charge in [0.2, 0.25) is 0 Å². The topological polar surface area (TPSA) is 30.5 Å². The van der Waals surface area contributed by atoms with Gasteiger partial charge in [-0.2, -0.15) is 0 Å². The van der Waals surface area contributed by atoms with Crippen LogP contribution in [0.5, 0.6) is 0 Å². The molecule has 21 heavy (non-hydrogen) atoms. The summed E-state index contributed by atoms with van der Waals surface area (Å²) in [5.74, 6) is -0.217. The van der Waals surface area contributed by atoms with Gasteiger partial charge in [-0.15, -0.1) is 0 Å². The van der Waals surface area contributed by atoms with E-state index in [9.17, 15) is 4.39 Å². The summed E-state index contributed by atoms with van der Waals surface area (Å²) in [4.78, 5) is 0. The van der Waals surface area contributed by atoms with E-state index in [1.54, 1.807) is 6.07 Å². The third kappa shape index (κ3) is 3.30. The average molecular weight is 293 g/mol. The van der Waals surface area contributed by atoms with Crippen molar-refractivity contribution in [2.24, 2.45) is 0 Å². The molecule has 5 heteroatoms. The van der Waals surface area contributed by atoms with E-state index in [0.29, 0.717) is 12.1 Å². The third-order valence-electron chi connectivity index (χ3n) is 4.39. The fourth-order valence-electron chi connectivity index (χ4n) is 2.34. The lowest BCUT2D eigenvalue weighted by molar-refractivity contribution is 0.00578. The van der Waals surface area contributed by atoms with Crippen LogP contribution in [0.3, 0.4) is 0 Å². The van der Waals surface area contributed by atoms with Crippen LogP contribution in [-0.2, 0) is 15.9 Å². The van der Waals surface area contributed by atoms with Gasteiger partial charge in [0.25, 0.3) is 0 Å². The highest BCUT2D eigenvalue weighted by Crippen LogP contribution is 2.36. The normalized spacial score (nSPS) is 20.0. The smallest absolute Gasteiger partial charge is 0.399 e. The molecule has 0 radical (unpaired) electrons. The Morgan fingerprint density at radius 1 is 1.14 bits per heavy atom. The van der Waals surface area contributed by atoms with E-state index < -0.39 is 18.3 Å². The summed E-state index contributed by atoms with van der Waals surface area (Å²) in [6.45, 7) is 11.4. The second-order valence-corrected chi connectivity index (χ2v) is 6.57. The molecule has 0 bridgehead atoms. The molecule has 1 aliphatic rings. The SMILES string of the molecule is CCCNCc1c(F)cccc1B1OC(C)(C)C(C)(C)O1. The van der Waals surface area contributed by atoms with Crippen molar-refractivity contribution >= 4 is 12.6 Å². The van der Waals surface area contributed by atoms with Gasteiger partial charge >= 0.3 is 7.12 Å². The quantitative estimate of drug-likeness (QED) is 0.668. The molecule has 0 atom stereocenters. The third-order valence-corrected chi connectivity index (χ3v) is 4.39. The Labute approximate surface area is 127 Å². The van der Waals surface area contributed by atoms with Crippen molar-refractivity contribution in [1.82, 2.24) is 5.32 Å². The zero-order valence-corrected chi connectivity index (χ0v) is 13.6. The number of benzene rings is 1. The second-order valence-electron chi connectivity index (χ2n) is 6.57. The largest absolute Gasteiger partial charge is 0.495 e. The van der Waals surface area contributed by atoms with Crippen LogP contribution in [0.4, 0.5) is 4.39 Å². The summed E-state index contributed by atoms with van der Waals surface area (Å²) in [6, 6.07) is 5.07. The van der Waals surface area contributed by atoms with E-state index >= 15 is 0 Å². The molecule has 0 aliphatic carbocycles. The first kappa shape index (κ1) is 16.5. The van der Waals surface area contributed by atoms with E-state index in [0.717, 1.165) is 18.4 Å². The van der Waals surface area contributed by atoms with Gasteiger partial charge in [-0.05, 0) is 52.2 Å². The fourth-order valence-corrected chi connectivity index (χ4v) is 2.34. The maximum absolute atomic E-state index is 14.2.